The summed E-state index contributed by atoms with van der Waals surface area (Å²) < 4.78 is 11.2. The highest BCUT2D eigenvalue weighted by atomic mass is 79.9. The molecule has 3 rings (SSSR count). The number of carbonyl (C=O) groups excluding carboxylic acids is 1. The molecule has 1 saturated heterocycles. The van der Waals surface area contributed by atoms with Crippen LogP contribution in [0.25, 0.3) is 0 Å². The highest BCUT2D eigenvalue weighted by Crippen LogP contribution is 2.26. The molecule has 1 fully saturated rings. The number of furan rings is 1. The SMILES string of the molecule is COC(=O)c1ccc(CN2CCCN(C(=S)Nc3ccc(Br)cc3Cl)CC2)o1. The molecule has 0 spiro atoms. The van der Waals surface area contributed by atoms with Crippen LogP contribution in [0.3, 0.4) is 0 Å². The largest absolute Gasteiger partial charge is 0.463 e. The highest BCUT2D eigenvalue weighted by Gasteiger charge is 2.19. The summed E-state index contributed by atoms with van der Waals surface area (Å²) >= 11 is 15.3. The fourth-order valence-electron chi connectivity index (χ4n) is 3.01. The number of anilines is 1. The van der Waals surface area contributed by atoms with Crippen molar-refractivity contribution in [2.75, 3.05) is 38.6 Å². The Morgan fingerprint density at radius 2 is 2.11 bits per heavy atom. The maximum absolute atomic E-state index is 11.5. The normalized spacial score (nSPS) is 15.2. The smallest absolute Gasteiger partial charge is 0.373 e. The van der Waals surface area contributed by atoms with Gasteiger partial charge in [-0.1, -0.05) is 27.5 Å². The lowest BCUT2D eigenvalue weighted by Crippen LogP contribution is -2.37. The average Bonchev–Trinajstić information content (AvgIpc) is 3.01. The lowest BCUT2D eigenvalue weighted by molar-refractivity contribution is 0.0561. The van der Waals surface area contributed by atoms with Crippen LogP contribution < -0.4 is 5.32 Å². The van der Waals surface area contributed by atoms with Gasteiger partial charge in [0.05, 0.1) is 24.4 Å². The van der Waals surface area contributed by atoms with Gasteiger partial charge in [0.25, 0.3) is 0 Å². The van der Waals surface area contributed by atoms with Crippen molar-refractivity contribution in [3.8, 4) is 0 Å². The van der Waals surface area contributed by atoms with Gasteiger partial charge in [0, 0.05) is 30.7 Å². The molecule has 1 aliphatic heterocycles. The Bertz CT molecular complexity index is 861. The van der Waals surface area contributed by atoms with Crippen LogP contribution in [0, 0.1) is 0 Å². The Hall–Kier alpha value is -1.61. The van der Waals surface area contributed by atoms with Gasteiger partial charge in [0.1, 0.15) is 5.76 Å². The number of nitrogens with one attached hydrogen (secondary N) is 1. The minimum absolute atomic E-state index is 0.228. The first-order valence-electron chi connectivity index (χ1n) is 8.86. The van der Waals surface area contributed by atoms with E-state index in [1.54, 1.807) is 6.07 Å². The number of nitrogens with zero attached hydrogens (tertiary/aromatic N) is 2. The summed E-state index contributed by atoms with van der Waals surface area (Å²) in [7, 11) is 1.34. The Morgan fingerprint density at radius 3 is 2.86 bits per heavy atom. The molecule has 9 heteroatoms. The Balaban J connectivity index is 1.54. The first kappa shape index (κ1) is 21.1. The van der Waals surface area contributed by atoms with Gasteiger partial charge in [-0.2, -0.15) is 0 Å². The number of rotatable bonds is 4. The summed E-state index contributed by atoms with van der Waals surface area (Å²) in [5.41, 5.74) is 0.793. The van der Waals surface area contributed by atoms with Crippen LogP contribution in [0.2, 0.25) is 5.02 Å². The molecule has 0 saturated carbocycles. The predicted octanol–water partition coefficient (Wildman–Crippen LogP) is 4.39. The number of hydrogen-bond acceptors (Lipinski definition) is 5. The molecular weight excluding hydrogens is 466 g/mol. The molecule has 2 heterocycles. The number of benzene rings is 1. The number of esters is 1. The van der Waals surface area contributed by atoms with Crippen molar-refractivity contribution in [3.63, 3.8) is 0 Å². The molecule has 0 aliphatic carbocycles. The van der Waals surface area contributed by atoms with Crippen LogP contribution in [0.5, 0.6) is 0 Å². The Morgan fingerprint density at radius 1 is 1.29 bits per heavy atom. The Labute approximate surface area is 182 Å². The second-order valence-electron chi connectivity index (χ2n) is 6.43. The summed E-state index contributed by atoms with van der Waals surface area (Å²) in [6.07, 6.45) is 0.973. The van der Waals surface area contributed by atoms with Crippen molar-refractivity contribution in [3.05, 3.63) is 51.3 Å². The van der Waals surface area contributed by atoms with E-state index < -0.39 is 5.97 Å². The lowest BCUT2D eigenvalue weighted by atomic mass is 10.3. The van der Waals surface area contributed by atoms with E-state index in [1.165, 1.54) is 7.11 Å². The van der Waals surface area contributed by atoms with E-state index in [4.69, 9.17) is 28.2 Å². The van der Waals surface area contributed by atoms with E-state index in [-0.39, 0.29) is 5.76 Å². The van der Waals surface area contributed by atoms with Crippen molar-refractivity contribution in [1.82, 2.24) is 9.80 Å². The van der Waals surface area contributed by atoms with Gasteiger partial charge >= 0.3 is 5.97 Å². The van der Waals surface area contributed by atoms with Crippen molar-refractivity contribution in [2.24, 2.45) is 0 Å². The molecule has 0 radical (unpaired) electrons. The summed E-state index contributed by atoms with van der Waals surface area (Å²) in [6.45, 7) is 4.06. The number of carbonyl (C=O) groups is 1. The summed E-state index contributed by atoms with van der Waals surface area (Å²) in [5.74, 6) is 0.512. The third kappa shape index (κ3) is 5.47. The van der Waals surface area contributed by atoms with Crippen LogP contribution in [0.1, 0.15) is 22.7 Å². The molecule has 0 bridgehead atoms. The van der Waals surface area contributed by atoms with Gasteiger partial charge in [0.2, 0.25) is 5.76 Å². The summed E-state index contributed by atoms with van der Waals surface area (Å²) in [6, 6.07) is 9.12. The molecule has 1 aromatic heterocycles. The fraction of sp³-hybridized carbons (Fsp3) is 0.368. The molecule has 1 aromatic carbocycles. The fourth-order valence-corrected chi connectivity index (χ4v) is 4.02. The number of halogens is 2. The van der Waals surface area contributed by atoms with E-state index in [1.807, 2.05) is 24.3 Å². The first-order valence-corrected chi connectivity index (χ1v) is 10.4. The van der Waals surface area contributed by atoms with Gasteiger partial charge < -0.3 is 19.4 Å². The van der Waals surface area contributed by atoms with Gasteiger partial charge in [0.15, 0.2) is 5.11 Å². The van der Waals surface area contributed by atoms with E-state index in [9.17, 15) is 4.79 Å². The number of thiocarbonyl (C=S) groups is 1. The molecule has 1 N–H and O–H groups in total. The second kappa shape index (κ2) is 9.73. The van der Waals surface area contributed by atoms with Gasteiger partial charge in [-0.15, -0.1) is 0 Å². The van der Waals surface area contributed by atoms with Crippen LogP contribution in [0.4, 0.5) is 5.69 Å². The van der Waals surface area contributed by atoms with Crippen molar-refractivity contribution >= 4 is 56.5 Å². The third-order valence-corrected chi connectivity index (χ3v) is 5.64. The lowest BCUT2D eigenvalue weighted by Gasteiger charge is -2.25. The van der Waals surface area contributed by atoms with Crippen molar-refractivity contribution in [1.29, 1.82) is 0 Å². The van der Waals surface area contributed by atoms with Crippen LogP contribution in [-0.4, -0.2) is 54.2 Å². The molecule has 28 heavy (non-hydrogen) atoms. The van der Waals surface area contributed by atoms with E-state index >= 15 is 0 Å². The maximum Gasteiger partial charge on any atom is 0.373 e. The molecule has 2 aromatic rings. The highest BCUT2D eigenvalue weighted by molar-refractivity contribution is 9.10. The predicted molar refractivity (Wildman–Crippen MR) is 117 cm³/mol. The van der Waals surface area contributed by atoms with Crippen LogP contribution in [-0.2, 0) is 11.3 Å². The molecule has 0 atom stereocenters. The van der Waals surface area contributed by atoms with Crippen molar-refractivity contribution < 1.29 is 13.9 Å². The Kier molecular flexibility index (Phi) is 7.34. The molecule has 6 nitrogen and oxygen atoms in total. The monoisotopic (exact) mass is 485 g/mol. The second-order valence-corrected chi connectivity index (χ2v) is 8.14. The number of hydrogen-bond donors (Lipinski definition) is 1. The molecule has 0 amide bonds. The molecular formula is C19H21BrClN3O3S. The van der Waals surface area contributed by atoms with E-state index in [0.717, 1.165) is 48.5 Å². The zero-order valence-corrected chi connectivity index (χ0v) is 18.6. The molecule has 1 aliphatic rings. The molecule has 150 valence electrons. The van der Waals surface area contributed by atoms with Crippen LogP contribution >= 0.6 is 39.7 Å². The molecule has 0 unspecified atom stereocenters. The van der Waals surface area contributed by atoms with Gasteiger partial charge in [-0.05, 0) is 49.0 Å². The quantitative estimate of drug-likeness (QED) is 0.508. The first-order chi connectivity index (χ1) is 13.5. The minimum Gasteiger partial charge on any atom is -0.463 e. The van der Waals surface area contributed by atoms with E-state index in [2.05, 4.69) is 35.8 Å². The summed E-state index contributed by atoms with van der Waals surface area (Å²) in [4.78, 5) is 16.0. The summed E-state index contributed by atoms with van der Waals surface area (Å²) in [5, 5.41) is 4.52. The van der Waals surface area contributed by atoms with Crippen molar-refractivity contribution in [2.45, 2.75) is 13.0 Å². The third-order valence-electron chi connectivity index (χ3n) is 4.48. The van der Waals surface area contributed by atoms with Crippen LogP contribution in [0.15, 0.2) is 39.2 Å². The van der Waals surface area contributed by atoms with Gasteiger partial charge in [-0.3, -0.25) is 4.90 Å². The number of methoxy groups -OCH3 is 1. The maximum atomic E-state index is 11.5. The standard InChI is InChI=1S/C19H21BrClN3O3S/c1-26-18(25)17-6-4-14(27-17)12-23-7-2-8-24(10-9-23)19(28)22-16-5-3-13(20)11-15(16)21/h3-6,11H,2,7-10,12H2,1H3,(H,22,28). The zero-order valence-electron chi connectivity index (χ0n) is 15.4. The topological polar surface area (TPSA) is 58.0 Å². The number of ether oxygens (including phenoxy) is 1. The zero-order chi connectivity index (χ0) is 20.1. The average molecular weight is 487 g/mol. The van der Waals surface area contributed by atoms with E-state index in [0.29, 0.717) is 16.7 Å². The minimum atomic E-state index is -0.462. The van der Waals surface area contributed by atoms with Gasteiger partial charge in [-0.25, -0.2) is 4.79 Å².